The summed E-state index contributed by atoms with van der Waals surface area (Å²) in [6, 6.07) is 2.03. The summed E-state index contributed by atoms with van der Waals surface area (Å²) in [6.07, 6.45) is 6.22. The lowest BCUT2D eigenvalue weighted by Gasteiger charge is -2.11. The third-order valence-corrected chi connectivity index (χ3v) is 3.18. The van der Waals surface area contributed by atoms with Gasteiger partial charge in [-0.1, -0.05) is 0 Å². The SMILES string of the molecule is Cn1ccc2c(NCC3CCCO3)ncnc21. The van der Waals surface area contributed by atoms with E-state index in [2.05, 4.69) is 15.3 Å². The van der Waals surface area contributed by atoms with Gasteiger partial charge in [0.2, 0.25) is 0 Å². The Morgan fingerprint density at radius 2 is 2.47 bits per heavy atom. The molecule has 0 radical (unpaired) electrons. The number of aromatic nitrogens is 3. The first-order valence-corrected chi connectivity index (χ1v) is 5.96. The summed E-state index contributed by atoms with van der Waals surface area (Å²) in [6.45, 7) is 1.71. The first kappa shape index (κ1) is 10.5. The summed E-state index contributed by atoms with van der Waals surface area (Å²) in [5.41, 5.74) is 0.954. The molecule has 0 aromatic carbocycles. The van der Waals surface area contributed by atoms with Crippen LogP contribution in [0.4, 0.5) is 5.82 Å². The van der Waals surface area contributed by atoms with Crippen molar-refractivity contribution in [3.8, 4) is 0 Å². The van der Waals surface area contributed by atoms with Gasteiger partial charge in [-0.25, -0.2) is 9.97 Å². The maximum absolute atomic E-state index is 5.58. The van der Waals surface area contributed by atoms with Gasteiger partial charge in [-0.2, -0.15) is 0 Å². The number of hydrogen-bond donors (Lipinski definition) is 1. The molecule has 0 amide bonds. The molecule has 3 heterocycles. The molecule has 1 fully saturated rings. The fourth-order valence-corrected chi connectivity index (χ4v) is 2.23. The van der Waals surface area contributed by atoms with Crippen LogP contribution in [0.15, 0.2) is 18.6 Å². The summed E-state index contributed by atoms with van der Waals surface area (Å²) < 4.78 is 7.58. The molecule has 1 unspecified atom stereocenters. The zero-order valence-electron chi connectivity index (χ0n) is 9.89. The standard InChI is InChI=1S/C12H16N4O/c1-16-5-4-10-11(14-8-15-12(10)16)13-7-9-3-2-6-17-9/h4-5,8-9H,2-3,6-7H2,1H3,(H,13,14,15). The van der Waals surface area contributed by atoms with Crippen molar-refractivity contribution in [2.45, 2.75) is 18.9 Å². The Kier molecular flexibility index (Phi) is 2.68. The first-order valence-electron chi connectivity index (χ1n) is 5.96. The number of nitrogens with one attached hydrogen (secondary N) is 1. The molecule has 17 heavy (non-hydrogen) atoms. The fraction of sp³-hybridized carbons (Fsp3) is 0.500. The van der Waals surface area contributed by atoms with E-state index in [9.17, 15) is 0 Å². The van der Waals surface area contributed by atoms with E-state index in [0.717, 1.165) is 42.8 Å². The Hall–Kier alpha value is -1.62. The minimum Gasteiger partial charge on any atom is -0.376 e. The van der Waals surface area contributed by atoms with E-state index in [4.69, 9.17) is 4.74 Å². The van der Waals surface area contributed by atoms with Gasteiger partial charge in [-0.15, -0.1) is 0 Å². The van der Waals surface area contributed by atoms with Crippen LogP contribution in [-0.4, -0.2) is 33.8 Å². The second-order valence-corrected chi connectivity index (χ2v) is 4.40. The van der Waals surface area contributed by atoms with E-state index >= 15 is 0 Å². The lowest BCUT2D eigenvalue weighted by molar-refractivity contribution is 0.120. The van der Waals surface area contributed by atoms with E-state index in [-0.39, 0.29) is 0 Å². The molecule has 5 heteroatoms. The van der Waals surface area contributed by atoms with Crippen LogP contribution in [0.5, 0.6) is 0 Å². The molecule has 3 rings (SSSR count). The average molecular weight is 232 g/mol. The number of anilines is 1. The number of fused-ring (bicyclic) bond motifs is 1. The minimum absolute atomic E-state index is 0.323. The highest BCUT2D eigenvalue weighted by Gasteiger charge is 2.15. The van der Waals surface area contributed by atoms with Gasteiger partial charge in [0.25, 0.3) is 0 Å². The van der Waals surface area contributed by atoms with Crippen LogP contribution >= 0.6 is 0 Å². The molecule has 0 bridgehead atoms. The molecule has 2 aromatic rings. The van der Waals surface area contributed by atoms with Crippen molar-refractivity contribution >= 4 is 16.9 Å². The maximum Gasteiger partial charge on any atom is 0.145 e. The average Bonchev–Trinajstić information content (AvgIpc) is 2.97. The van der Waals surface area contributed by atoms with Crippen molar-refractivity contribution < 1.29 is 4.74 Å². The topological polar surface area (TPSA) is 52.0 Å². The van der Waals surface area contributed by atoms with Crippen LogP contribution in [-0.2, 0) is 11.8 Å². The summed E-state index contributed by atoms with van der Waals surface area (Å²) in [4.78, 5) is 8.55. The molecule has 90 valence electrons. The van der Waals surface area contributed by atoms with Gasteiger partial charge in [-0.05, 0) is 18.9 Å². The summed E-state index contributed by atoms with van der Waals surface area (Å²) >= 11 is 0. The number of nitrogens with zero attached hydrogens (tertiary/aromatic N) is 3. The lowest BCUT2D eigenvalue weighted by atomic mass is 10.2. The highest BCUT2D eigenvalue weighted by molar-refractivity contribution is 5.87. The molecule has 0 saturated carbocycles. The third kappa shape index (κ3) is 1.98. The molecular weight excluding hydrogens is 216 g/mol. The smallest absolute Gasteiger partial charge is 0.145 e. The highest BCUT2D eigenvalue weighted by Crippen LogP contribution is 2.20. The Morgan fingerprint density at radius 1 is 1.53 bits per heavy atom. The van der Waals surface area contributed by atoms with Crippen molar-refractivity contribution in [2.75, 3.05) is 18.5 Å². The van der Waals surface area contributed by atoms with Gasteiger partial charge in [0, 0.05) is 26.4 Å². The molecule has 2 aromatic heterocycles. The Labute approximate surface area is 99.8 Å². The van der Waals surface area contributed by atoms with E-state index in [1.165, 1.54) is 0 Å². The summed E-state index contributed by atoms with van der Waals surface area (Å²) in [5, 5.41) is 4.42. The largest absolute Gasteiger partial charge is 0.376 e. The summed E-state index contributed by atoms with van der Waals surface area (Å²) in [5.74, 6) is 0.895. The molecular formula is C12H16N4O. The number of hydrogen-bond acceptors (Lipinski definition) is 4. The second kappa shape index (κ2) is 4.33. The molecule has 5 nitrogen and oxygen atoms in total. The molecule has 1 aliphatic rings. The summed E-state index contributed by atoms with van der Waals surface area (Å²) in [7, 11) is 1.99. The highest BCUT2D eigenvalue weighted by atomic mass is 16.5. The third-order valence-electron chi connectivity index (χ3n) is 3.18. The molecule has 0 spiro atoms. The molecule has 1 saturated heterocycles. The fourth-order valence-electron chi connectivity index (χ4n) is 2.23. The van der Waals surface area contributed by atoms with E-state index in [1.807, 2.05) is 23.9 Å². The van der Waals surface area contributed by atoms with Gasteiger partial charge in [0.05, 0.1) is 11.5 Å². The van der Waals surface area contributed by atoms with Gasteiger partial charge in [0.1, 0.15) is 17.8 Å². The normalized spacial score (nSPS) is 19.9. The molecule has 1 atom stereocenters. The van der Waals surface area contributed by atoms with Crippen LogP contribution in [0.3, 0.4) is 0 Å². The zero-order chi connectivity index (χ0) is 11.7. The number of ether oxygens (including phenoxy) is 1. The van der Waals surface area contributed by atoms with Crippen molar-refractivity contribution in [1.29, 1.82) is 0 Å². The quantitative estimate of drug-likeness (QED) is 0.872. The lowest BCUT2D eigenvalue weighted by Crippen LogP contribution is -2.19. The van der Waals surface area contributed by atoms with E-state index in [1.54, 1.807) is 6.33 Å². The van der Waals surface area contributed by atoms with Gasteiger partial charge >= 0.3 is 0 Å². The minimum atomic E-state index is 0.323. The first-order chi connectivity index (χ1) is 8.34. The van der Waals surface area contributed by atoms with Crippen LogP contribution in [0, 0.1) is 0 Å². The number of rotatable bonds is 3. The Balaban J connectivity index is 1.79. The van der Waals surface area contributed by atoms with E-state index < -0.39 is 0 Å². The van der Waals surface area contributed by atoms with Crippen molar-refractivity contribution in [3.63, 3.8) is 0 Å². The van der Waals surface area contributed by atoms with Crippen LogP contribution in [0.25, 0.3) is 11.0 Å². The van der Waals surface area contributed by atoms with Crippen LogP contribution in [0.1, 0.15) is 12.8 Å². The van der Waals surface area contributed by atoms with Crippen molar-refractivity contribution in [3.05, 3.63) is 18.6 Å². The predicted molar refractivity (Wildman–Crippen MR) is 66.0 cm³/mol. The monoisotopic (exact) mass is 232 g/mol. The maximum atomic E-state index is 5.58. The van der Waals surface area contributed by atoms with Crippen LogP contribution in [0.2, 0.25) is 0 Å². The molecule has 1 N–H and O–H groups in total. The Morgan fingerprint density at radius 3 is 3.29 bits per heavy atom. The molecule has 0 aliphatic carbocycles. The van der Waals surface area contributed by atoms with Crippen molar-refractivity contribution in [1.82, 2.24) is 14.5 Å². The molecule has 1 aliphatic heterocycles. The van der Waals surface area contributed by atoms with E-state index in [0.29, 0.717) is 6.10 Å². The van der Waals surface area contributed by atoms with Gasteiger partial charge in [-0.3, -0.25) is 0 Å². The van der Waals surface area contributed by atoms with Gasteiger partial charge in [0.15, 0.2) is 0 Å². The zero-order valence-corrected chi connectivity index (χ0v) is 9.89. The Bertz CT molecular complexity index is 516. The van der Waals surface area contributed by atoms with Crippen LogP contribution < -0.4 is 5.32 Å². The van der Waals surface area contributed by atoms with Gasteiger partial charge < -0.3 is 14.6 Å². The predicted octanol–water partition coefficient (Wildman–Crippen LogP) is 1.56. The second-order valence-electron chi connectivity index (χ2n) is 4.40. The van der Waals surface area contributed by atoms with Crippen molar-refractivity contribution in [2.24, 2.45) is 7.05 Å². The number of aryl methyl sites for hydroxylation is 1.